The van der Waals surface area contributed by atoms with Crippen LogP contribution in [0.15, 0.2) is 39.3 Å². The lowest BCUT2D eigenvalue weighted by atomic mass is 10.1. The number of nitro groups is 1. The van der Waals surface area contributed by atoms with Gasteiger partial charge < -0.3 is 20.0 Å². The number of benzene rings is 2. The van der Waals surface area contributed by atoms with Crippen LogP contribution in [-0.2, 0) is 13.1 Å². The van der Waals surface area contributed by atoms with Crippen LogP contribution >= 0.6 is 31.9 Å². The van der Waals surface area contributed by atoms with Gasteiger partial charge in [-0.1, -0.05) is 31.9 Å². The summed E-state index contributed by atoms with van der Waals surface area (Å²) in [4.78, 5) is 14.3. The molecule has 0 spiro atoms. The molecule has 0 aromatic heterocycles. The Labute approximate surface area is 174 Å². The number of nitro benzene ring substituents is 1. The molecule has 0 heterocycles. The minimum absolute atomic E-state index is 0.0758. The van der Waals surface area contributed by atoms with E-state index < -0.39 is 4.92 Å². The van der Waals surface area contributed by atoms with E-state index in [4.69, 9.17) is 0 Å². The third-order valence-electron chi connectivity index (χ3n) is 4.15. The number of likely N-dealkylation sites (N-methyl/N-ethyl adjacent to an activating group) is 2. The van der Waals surface area contributed by atoms with E-state index in [-0.39, 0.29) is 17.2 Å². The van der Waals surface area contributed by atoms with Crippen LogP contribution in [0.2, 0.25) is 0 Å². The molecule has 0 atom stereocenters. The maximum Gasteiger partial charge on any atom is 0.273 e. The SMILES string of the molecule is CN(CCN(C)Cc1c(O)cc(Br)cc1Br)Cc1ccc([N+](=O)[O-])cc1O. The summed E-state index contributed by atoms with van der Waals surface area (Å²) >= 11 is 6.82. The second-order valence-corrected chi connectivity index (χ2v) is 8.20. The van der Waals surface area contributed by atoms with Crippen molar-refractivity contribution in [1.29, 1.82) is 0 Å². The summed E-state index contributed by atoms with van der Waals surface area (Å²) in [5.41, 5.74) is 1.33. The van der Waals surface area contributed by atoms with Crippen LogP contribution < -0.4 is 0 Å². The van der Waals surface area contributed by atoms with Gasteiger partial charge in [0.2, 0.25) is 0 Å². The number of hydrogen-bond donors (Lipinski definition) is 2. The van der Waals surface area contributed by atoms with E-state index >= 15 is 0 Å². The summed E-state index contributed by atoms with van der Waals surface area (Å²) in [6.07, 6.45) is 0. The molecular weight excluding hydrogens is 482 g/mol. The predicted octanol–water partition coefficient (Wildman–Crippen LogP) is 4.09. The summed E-state index contributed by atoms with van der Waals surface area (Å²) in [7, 11) is 3.88. The highest BCUT2D eigenvalue weighted by Gasteiger charge is 2.13. The van der Waals surface area contributed by atoms with E-state index in [2.05, 4.69) is 36.8 Å². The number of aromatic hydroxyl groups is 2. The molecule has 0 bridgehead atoms. The smallest absolute Gasteiger partial charge is 0.273 e. The van der Waals surface area contributed by atoms with Gasteiger partial charge in [-0.15, -0.1) is 0 Å². The Morgan fingerprint density at radius 1 is 1.00 bits per heavy atom. The van der Waals surface area contributed by atoms with E-state index in [0.29, 0.717) is 18.7 Å². The maximum absolute atomic E-state index is 10.7. The molecule has 0 amide bonds. The zero-order valence-electron chi connectivity index (χ0n) is 15.0. The fourth-order valence-electron chi connectivity index (χ4n) is 2.61. The van der Waals surface area contributed by atoms with Crippen molar-refractivity contribution in [3.05, 3.63) is 60.5 Å². The average Bonchev–Trinajstić information content (AvgIpc) is 2.58. The summed E-state index contributed by atoms with van der Waals surface area (Å²) in [5, 5.41) is 30.8. The van der Waals surface area contributed by atoms with Crippen LogP contribution in [0.3, 0.4) is 0 Å². The molecule has 0 saturated heterocycles. The van der Waals surface area contributed by atoms with Crippen LogP contribution in [0.4, 0.5) is 5.69 Å². The topological polar surface area (TPSA) is 90.1 Å². The Hall–Kier alpha value is -1.68. The van der Waals surface area contributed by atoms with Gasteiger partial charge in [0.1, 0.15) is 11.5 Å². The van der Waals surface area contributed by atoms with Crippen LogP contribution in [0.5, 0.6) is 11.5 Å². The summed E-state index contributed by atoms with van der Waals surface area (Å²) in [5.74, 6) is 0.153. The number of halogens is 2. The van der Waals surface area contributed by atoms with Crippen LogP contribution in [0, 0.1) is 10.1 Å². The molecular formula is C18H21Br2N3O4. The number of nitrogens with zero attached hydrogens (tertiary/aromatic N) is 3. The quantitative estimate of drug-likeness (QED) is 0.417. The molecule has 7 nitrogen and oxygen atoms in total. The fraction of sp³-hybridized carbons (Fsp3) is 0.333. The molecule has 0 saturated carbocycles. The highest BCUT2D eigenvalue weighted by atomic mass is 79.9. The first-order chi connectivity index (χ1) is 12.7. The number of phenols is 2. The molecule has 146 valence electrons. The lowest BCUT2D eigenvalue weighted by Gasteiger charge is -2.23. The zero-order chi connectivity index (χ0) is 20.1. The van der Waals surface area contributed by atoms with Gasteiger partial charge in [0.05, 0.1) is 11.0 Å². The minimum atomic E-state index is -0.530. The normalized spacial score (nSPS) is 11.3. The van der Waals surface area contributed by atoms with E-state index in [1.807, 2.05) is 25.1 Å². The number of non-ortho nitro benzene ring substituents is 1. The van der Waals surface area contributed by atoms with Gasteiger partial charge in [-0.05, 0) is 32.3 Å². The van der Waals surface area contributed by atoms with Crippen molar-refractivity contribution in [3.63, 3.8) is 0 Å². The fourth-order valence-corrected chi connectivity index (χ4v) is 3.93. The first-order valence-corrected chi connectivity index (χ1v) is 9.76. The maximum atomic E-state index is 10.7. The van der Waals surface area contributed by atoms with E-state index in [1.54, 1.807) is 12.1 Å². The Morgan fingerprint density at radius 2 is 1.63 bits per heavy atom. The molecule has 9 heteroatoms. The first kappa shape index (κ1) is 21.6. The molecule has 0 fully saturated rings. The van der Waals surface area contributed by atoms with Crippen molar-refractivity contribution in [3.8, 4) is 11.5 Å². The van der Waals surface area contributed by atoms with Crippen LogP contribution in [-0.4, -0.2) is 52.1 Å². The Bertz CT molecular complexity index is 809. The van der Waals surface area contributed by atoms with Gasteiger partial charge in [0.25, 0.3) is 5.69 Å². The minimum Gasteiger partial charge on any atom is -0.508 e. The van der Waals surface area contributed by atoms with Gasteiger partial charge in [-0.25, -0.2) is 0 Å². The lowest BCUT2D eigenvalue weighted by Crippen LogP contribution is -2.30. The van der Waals surface area contributed by atoms with Crippen molar-refractivity contribution in [2.45, 2.75) is 13.1 Å². The highest BCUT2D eigenvalue weighted by Crippen LogP contribution is 2.31. The molecule has 2 rings (SSSR count). The summed E-state index contributed by atoms with van der Waals surface area (Å²) in [6.45, 7) is 2.52. The number of hydrogen-bond acceptors (Lipinski definition) is 6. The van der Waals surface area contributed by atoms with E-state index in [1.165, 1.54) is 12.1 Å². The van der Waals surface area contributed by atoms with Gasteiger partial charge >= 0.3 is 0 Å². The molecule has 0 aliphatic heterocycles. The third-order valence-corrected chi connectivity index (χ3v) is 5.31. The van der Waals surface area contributed by atoms with Crippen LogP contribution in [0.25, 0.3) is 0 Å². The largest absolute Gasteiger partial charge is 0.508 e. The average molecular weight is 503 g/mol. The van der Waals surface area contributed by atoms with Crippen molar-refractivity contribution < 1.29 is 15.1 Å². The van der Waals surface area contributed by atoms with E-state index in [9.17, 15) is 20.3 Å². The monoisotopic (exact) mass is 501 g/mol. The molecule has 0 aliphatic carbocycles. The van der Waals surface area contributed by atoms with Gasteiger partial charge in [-0.2, -0.15) is 0 Å². The molecule has 0 aliphatic rings. The molecule has 0 radical (unpaired) electrons. The number of phenolic OH excluding ortho intramolecular Hbond substituents is 2. The Morgan fingerprint density at radius 3 is 2.19 bits per heavy atom. The summed E-state index contributed by atoms with van der Waals surface area (Å²) < 4.78 is 1.64. The molecule has 27 heavy (non-hydrogen) atoms. The molecule has 2 aromatic rings. The Kier molecular flexibility index (Phi) is 7.60. The lowest BCUT2D eigenvalue weighted by molar-refractivity contribution is -0.384. The molecule has 2 aromatic carbocycles. The van der Waals surface area contributed by atoms with Gasteiger partial charge in [0, 0.05) is 52.3 Å². The third kappa shape index (κ3) is 6.17. The van der Waals surface area contributed by atoms with Crippen molar-refractivity contribution in [2.24, 2.45) is 0 Å². The van der Waals surface area contributed by atoms with Crippen molar-refractivity contribution in [1.82, 2.24) is 9.80 Å². The standard InChI is InChI=1S/C18H21Br2N3O4/c1-21(10-12-3-4-14(23(26)27)9-17(12)24)5-6-22(2)11-15-16(20)7-13(19)8-18(15)25/h3-4,7-9,24-25H,5-6,10-11H2,1-2H3. The Balaban J connectivity index is 1.90. The summed E-state index contributed by atoms with van der Waals surface area (Å²) in [6, 6.07) is 7.69. The molecule has 2 N–H and O–H groups in total. The second kappa shape index (κ2) is 9.50. The zero-order valence-corrected chi connectivity index (χ0v) is 18.2. The second-order valence-electron chi connectivity index (χ2n) is 6.43. The van der Waals surface area contributed by atoms with E-state index in [0.717, 1.165) is 27.6 Å². The number of rotatable bonds is 8. The van der Waals surface area contributed by atoms with Crippen LogP contribution in [0.1, 0.15) is 11.1 Å². The first-order valence-electron chi connectivity index (χ1n) is 8.17. The molecule has 0 unspecified atom stereocenters. The van der Waals surface area contributed by atoms with Crippen molar-refractivity contribution >= 4 is 37.5 Å². The van der Waals surface area contributed by atoms with Crippen molar-refractivity contribution in [2.75, 3.05) is 27.2 Å². The van der Waals surface area contributed by atoms with Gasteiger partial charge in [-0.3, -0.25) is 10.1 Å². The van der Waals surface area contributed by atoms with Gasteiger partial charge in [0.15, 0.2) is 0 Å². The predicted molar refractivity (Wildman–Crippen MR) is 111 cm³/mol. The highest BCUT2D eigenvalue weighted by molar-refractivity contribution is 9.11.